The number of aliphatic imine (C=N–C) groups is 1. The van der Waals surface area contributed by atoms with E-state index in [1.165, 1.54) is 28.6 Å². The minimum absolute atomic E-state index is 0.122. The summed E-state index contributed by atoms with van der Waals surface area (Å²) in [5.41, 5.74) is -1.05. The van der Waals surface area contributed by atoms with Crippen molar-refractivity contribution < 1.29 is 18.3 Å². The van der Waals surface area contributed by atoms with Crippen molar-refractivity contribution in [1.29, 1.82) is 0 Å². The van der Waals surface area contributed by atoms with Crippen molar-refractivity contribution in [1.82, 2.24) is 13.9 Å². The largest absolute Gasteiger partial charge is 0.493 e. The molecule has 1 aliphatic rings. The van der Waals surface area contributed by atoms with E-state index in [2.05, 4.69) is 9.98 Å². The third kappa shape index (κ3) is 4.26. The van der Waals surface area contributed by atoms with Gasteiger partial charge in [0, 0.05) is 19.3 Å². The molecule has 0 atom stereocenters. The average molecular weight is 456 g/mol. The number of benzene rings is 2. The maximum absolute atomic E-state index is 12.7. The van der Waals surface area contributed by atoms with Gasteiger partial charge < -0.3 is 9.84 Å². The summed E-state index contributed by atoms with van der Waals surface area (Å²) in [5.74, 6) is -0.555. The third-order valence-electron chi connectivity index (χ3n) is 4.92. The van der Waals surface area contributed by atoms with Gasteiger partial charge in [-0.1, -0.05) is 18.2 Å². The van der Waals surface area contributed by atoms with E-state index >= 15 is 0 Å². The molecule has 4 rings (SSSR count). The Morgan fingerprint density at radius 1 is 1.00 bits per heavy atom. The number of nitrogens with zero attached hydrogens (tertiary/aromatic N) is 3. The molecule has 10 nitrogen and oxygen atoms in total. The summed E-state index contributed by atoms with van der Waals surface area (Å²) in [5, 5.41) is 10.5. The van der Waals surface area contributed by atoms with Gasteiger partial charge in [-0.3, -0.25) is 14.8 Å². The molecule has 0 amide bonds. The molecule has 1 fully saturated rings. The van der Waals surface area contributed by atoms with Crippen LogP contribution in [0, 0.1) is 0 Å². The lowest BCUT2D eigenvalue weighted by Crippen LogP contribution is -2.40. The van der Waals surface area contributed by atoms with E-state index in [4.69, 9.17) is 4.74 Å². The molecule has 2 N–H and O–H groups in total. The van der Waals surface area contributed by atoms with Crippen LogP contribution in [0.25, 0.3) is 5.69 Å². The van der Waals surface area contributed by atoms with Crippen molar-refractivity contribution in [3.8, 4) is 11.6 Å². The Balaban J connectivity index is 1.63. The molecule has 0 radical (unpaired) electrons. The van der Waals surface area contributed by atoms with E-state index < -0.39 is 27.2 Å². The first-order valence-corrected chi connectivity index (χ1v) is 11.2. The van der Waals surface area contributed by atoms with Crippen molar-refractivity contribution in [3.05, 3.63) is 81.0 Å². The molecule has 166 valence electrons. The smallest absolute Gasteiger partial charge is 0.335 e. The highest BCUT2D eigenvalue weighted by Gasteiger charge is 2.26. The van der Waals surface area contributed by atoms with Crippen molar-refractivity contribution in [2.75, 3.05) is 26.3 Å². The van der Waals surface area contributed by atoms with Crippen molar-refractivity contribution >= 4 is 21.9 Å². The fourth-order valence-electron chi connectivity index (χ4n) is 3.25. The number of H-pyrrole nitrogens is 1. The number of sulfonamides is 1. The Hall–Kier alpha value is -3.54. The number of rotatable bonds is 5. The first-order chi connectivity index (χ1) is 15.4. The minimum Gasteiger partial charge on any atom is -0.493 e. The van der Waals surface area contributed by atoms with Crippen LogP contribution >= 0.6 is 0 Å². The quantitative estimate of drug-likeness (QED) is 0.550. The van der Waals surface area contributed by atoms with Crippen LogP contribution in [-0.2, 0) is 14.8 Å². The average Bonchev–Trinajstić information content (AvgIpc) is 2.80. The molecular weight excluding hydrogens is 436 g/mol. The van der Waals surface area contributed by atoms with E-state index in [9.17, 15) is 23.1 Å². The van der Waals surface area contributed by atoms with Gasteiger partial charge in [-0.15, -0.1) is 0 Å². The Morgan fingerprint density at radius 2 is 1.66 bits per heavy atom. The van der Waals surface area contributed by atoms with Gasteiger partial charge in [-0.25, -0.2) is 17.8 Å². The molecule has 11 heteroatoms. The maximum Gasteiger partial charge on any atom is 0.335 e. The minimum atomic E-state index is -3.63. The van der Waals surface area contributed by atoms with E-state index in [1.807, 2.05) is 0 Å². The van der Waals surface area contributed by atoms with Crippen molar-refractivity contribution in [3.63, 3.8) is 0 Å². The monoisotopic (exact) mass is 456 g/mol. The van der Waals surface area contributed by atoms with Crippen LogP contribution in [0.15, 0.2) is 74.1 Å². The highest BCUT2D eigenvalue weighted by atomic mass is 32.2. The predicted molar refractivity (Wildman–Crippen MR) is 118 cm³/mol. The van der Waals surface area contributed by atoms with Gasteiger partial charge in [0.25, 0.3) is 5.56 Å². The number of hydrogen-bond acceptors (Lipinski definition) is 7. The lowest BCUT2D eigenvalue weighted by molar-refractivity contribution is 0.0730. The number of hydrogen-bond donors (Lipinski definition) is 2. The number of aromatic amines is 1. The lowest BCUT2D eigenvalue weighted by Gasteiger charge is -2.26. The number of morpholine rings is 1. The summed E-state index contributed by atoms with van der Waals surface area (Å²) in [4.78, 5) is 30.8. The van der Waals surface area contributed by atoms with Gasteiger partial charge in [-0.2, -0.15) is 4.31 Å². The maximum atomic E-state index is 12.7. The Labute approximate surface area is 183 Å². The van der Waals surface area contributed by atoms with Crippen LogP contribution in [0.4, 0.5) is 5.69 Å². The van der Waals surface area contributed by atoms with Crippen LogP contribution in [-0.4, -0.2) is 59.9 Å². The Kier molecular flexibility index (Phi) is 6.04. The van der Waals surface area contributed by atoms with Gasteiger partial charge in [0.1, 0.15) is 5.56 Å². The number of ether oxygens (including phenoxy) is 1. The summed E-state index contributed by atoms with van der Waals surface area (Å²) in [6.07, 6.45) is 1.12. The number of aromatic nitrogens is 2. The van der Waals surface area contributed by atoms with E-state index in [0.717, 1.165) is 10.8 Å². The molecule has 3 aromatic rings. The summed E-state index contributed by atoms with van der Waals surface area (Å²) in [7, 11) is -3.63. The molecule has 0 aliphatic carbocycles. The van der Waals surface area contributed by atoms with Gasteiger partial charge in [0.05, 0.1) is 29.5 Å². The summed E-state index contributed by atoms with van der Waals surface area (Å²) in [6, 6.07) is 14.2. The SMILES string of the molecule is O=c1[nH]c(=O)n(-c2ccccc2)c(O)c1C=Nc1ccc(S(=O)(=O)N2CCOCC2)cc1. The topological polar surface area (TPSA) is 134 Å². The fraction of sp³-hybridized carbons (Fsp3) is 0.190. The molecule has 0 unspecified atom stereocenters. The standard InChI is InChI=1S/C21H20N4O6S/c26-19-18(20(27)25(21(28)23-19)16-4-2-1-3-5-16)14-22-15-6-8-17(9-7-15)32(29,30)24-10-12-31-13-11-24/h1-9,14,27H,10-13H2,(H,23,26,28). The first-order valence-electron chi connectivity index (χ1n) is 9.74. The molecule has 0 bridgehead atoms. The Morgan fingerprint density at radius 3 is 2.31 bits per heavy atom. The molecular formula is C21H20N4O6S. The fourth-order valence-corrected chi connectivity index (χ4v) is 4.66. The van der Waals surface area contributed by atoms with E-state index in [1.54, 1.807) is 30.3 Å². The van der Waals surface area contributed by atoms with Crippen molar-refractivity contribution in [2.45, 2.75) is 4.90 Å². The van der Waals surface area contributed by atoms with Gasteiger partial charge in [-0.05, 0) is 36.4 Å². The van der Waals surface area contributed by atoms with Crippen LogP contribution in [0.2, 0.25) is 0 Å². The lowest BCUT2D eigenvalue weighted by atomic mass is 10.3. The number of para-hydroxylation sites is 1. The molecule has 2 aromatic carbocycles. The second-order valence-electron chi connectivity index (χ2n) is 6.94. The van der Waals surface area contributed by atoms with E-state index in [-0.39, 0.29) is 10.5 Å². The highest BCUT2D eigenvalue weighted by molar-refractivity contribution is 7.89. The first kappa shape index (κ1) is 21.7. The Bertz CT molecular complexity index is 1360. The van der Waals surface area contributed by atoms with Crippen LogP contribution in [0.5, 0.6) is 5.88 Å². The zero-order valence-corrected chi connectivity index (χ0v) is 17.7. The summed E-state index contributed by atoms with van der Waals surface area (Å²) >= 11 is 0. The number of nitrogens with one attached hydrogen (secondary N) is 1. The molecule has 2 heterocycles. The molecule has 1 aromatic heterocycles. The predicted octanol–water partition coefficient (Wildman–Crippen LogP) is 1.00. The molecule has 0 spiro atoms. The molecule has 0 saturated carbocycles. The van der Waals surface area contributed by atoms with Crippen LogP contribution in [0.1, 0.15) is 5.56 Å². The normalized spacial score (nSPS) is 15.2. The van der Waals surface area contributed by atoms with Crippen LogP contribution < -0.4 is 11.2 Å². The van der Waals surface area contributed by atoms with Gasteiger partial charge in [0.15, 0.2) is 0 Å². The molecule has 32 heavy (non-hydrogen) atoms. The van der Waals surface area contributed by atoms with E-state index in [0.29, 0.717) is 37.7 Å². The van der Waals surface area contributed by atoms with Crippen LogP contribution in [0.3, 0.4) is 0 Å². The molecule has 1 saturated heterocycles. The zero-order valence-electron chi connectivity index (χ0n) is 16.8. The zero-order chi connectivity index (χ0) is 22.7. The third-order valence-corrected chi connectivity index (χ3v) is 6.84. The summed E-state index contributed by atoms with van der Waals surface area (Å²) in [6.45, 7) is 1.29. The molecule has 1 aliphatic heterocycles. The highest BCUT2D eigenvalue weighted by Crippen LogP contribution is 2.21. The second-order valence-corrected chi connectivity index (χ2v) is 8.87. The summed E-state index contributed by atoms with van der Waals surface area (Å²) < 4.78 is 32.9. The van der Waals surface area contributed by atoms with Gasteiger partial charge >= 0.3 is 5.69 Å². The second kappa shape index (κ2) is 8.91. The van der Waals surface area contributed by atoms with Gasteiger partial charge in [0.2, 0.25) is 15.9 Å². The van der Waals surface area contributed by atoms with Crippen molar-refractivity contribution in [2.24, 2.45) is 4.99 Å². The number of aromatic hydroxyl groups is 1.